The van der Waals surface area contributed by atoms with Gasteiger partial charge < -0.3 is 15.6 Å². The number of aromatic nitrogens is 3. The number of nitrogens with zero attached hydrogens (tertiary/aromatic N) is 1. The fourth-order valence-electron chi connectivity index (χ4n) is 2.10. The summed E-state index contributed by atoms with van der Waals surface area (Å²) in [6.45, 7) is 0.461. The number of anilines is 1. The van der Waals surface area contributed by atoms with E-state index in [0.717, 1.165) is 5.56 Å². The summed E-state index contributed by atoms with van der Waals surface area (Å²) in [6.07, 6.45) is 0.151. The number of carbonyl (C=O) groups is 2. The highest BCUT2D eigenvalue weighted by atomic mass is 32.1. The lowest BCUT2D eigenvalue weighted by Crippen LogP contribution is -2.24. The van der Waals surface area contributed by atoms with Crippen LogP contribution in [0.2, 0.25) is 0 Å². The quantitative estimate of drug-likeness (QED) is 0.539. The number of fused-ring (bicyclic) bond motifs is 1. The molecule has 0 aromatic carbocycles. The standard InChI is InChI=1S/C15H15N5O3S/c21-12(16-7-9-5-6-24-8-9)3-4-13(22)18-11-2-1-10-14(19-11)20-15(23)17-10/h1-2,5-6,8H,3-4,7H2,(H,16,21)(H3,17,18,19,20,22,23). The zero-order valence-electron chi connectivity index (χ0n) is 12.6. The molecule has 0 atom stereocenters. The maximum Gasteiger partial charge on any atom is 0.325 e. The molecular formula is C15H15N5O3S. The molecule has 9 heteroatoms. The molecule has 0 unspecified atom stereocenters. The highest BCUT2D eigenvalue weighted by molar-refractivity contribution is 7.07. The Labute approximate surface area is 140 Å². The summed E-state index contributed by atoms with van der Waals surface area (Å²) in [5.41, 5.74) is 1.61. The molecule has 0 fully saturated rings. The van der Waals surface area contributed by atoms with Crippen LogP contribution in [0.15, 0.2) is 33.8 Å². The molecule has 0 aliphatic carbocycles. The van der Waals surface area contributed by atoms with Crippen LogP contribution in [0, 0.1) is 0 Å². The van der Waals surface area contributed by atoms with Gasteiger partial charge in [-0.25, -0.2) is 9.78 Å². The Morgan fingerprint density at radius 1 is 1.12 bits per heavy atom. The van der Waals surface area contributed by atoms with Crippen LogP contribution in [0.1, 0.15) is 18.4 Å². The topological polar surface area (TPSA) is 120 Å². The van der Waals surface area contributed by atoms with E-state index in [1.54, 1.807) is 23.5 Å². The second-order valence-corrected chi connectivity index (χ2v) is 5.91. The van der Waals surface area contributed by atoms with E-state index in [0.29, 0.717) is 23.5 Å². The number of H-pyrrole nitrogens is 2. The van der Waals surface area contributed by atoms with Gasteiger partial charge >= 0.3 is 5.69 Å². The van der Waals surface area contributed by atoms with Gasteiger partial charge in [-0.15, -0.1) is 0 Å². The largest absolute Gasteiger partial charge is 0.352 e. The van der Waals surface area contributed by atoms with Gasteiger partial charge in [-0.05, 0) is 34.5 Å². The molecule has 2 amide bonds. The molecule has 24 heavy (non-hydrogen) atoms. The Hall–Kier alpha value is -2.94. The lowest BCUT2D eigenvalue weighted by molar-refractivity contribution is -0.124. The van der Waals surface area contributed by atoms with Gasteiger partial charge in [0.15, 0.2) is 5.65 Å². The monoisotopic (exact) mass is 345 g/mol. The van der Waals surface area contributed by atoms with E-state index >= 15 is 0 Å². The number of hydrogen-bond acceptors (Lipinski definition) is 5. The van der Waals surface area contributed by atoms with Gasteiger partial charge in [0, 0.05) is 19.4 Å². The van der Waals surface area contributed by atoms with Crippen LogP contribution in [-0.2, 0) is 16.1 Å². The first-order valence-corrected chi connectivity index (χ1v) is 8.21. The first-order chi connectivity index (χ1) is 11.6. The van der Waals surface area contributed by atoms with Gasteiger partial charge in [-0.3, -0.25) is 14.6 Å². The predicted molar refractivity (Wildman–Crippen MR) is 90.7 cm³/mol. The summed E-state index contributed by atoms with van der Waals surface area (Å²) in [4.78, 5) is 44.0. The summed E-state index contributed by atoms with van der Waals surface area (Å²) in [5, 5.41) is 9.26. The summed E-state index contributed by atoms with van der Waals surface area (Å²) < 4.78 is 0. The molecular weight excluding hydrogens is 330 g/mol. The third-order valence-electron chi connectivity index (χ3n) is 3.29. The van der Waals surface area contributed by atoms with Gasteiger partial charge in [0.2, 0.25) is 11.8 Å². The Bertz CT molecular complexity index is 913. The molecule has 4 N–H and O–H groups in total. The number of aromatic amines is 2. The number of amides is 2. The third kappa shape index (κ3) is 4.07. The number of hydrogen-bond donors (Lipinski definition) is 4. The SMILES string of the molecule is O=C(CCC(=O)Nc1ccc2[nH]c(=O)[nH]c2n1)NCc1ccsc1. The molecule has 8 nitrogen and oxygen atoms in total. The first kappa shape index (κ1) is 15.9. The number of carbonyl (C=O) groups excluding carboxylic acids is 2. The number of thiophene rings is 1. The Morgan fingerprint density at radius 2 is 1.96 bits per heavy atom. The lowest BCUT2D eigenvalue weighted by atomic mass is 10.2. The van der Waals surface area contributed by atoms with Crippen molar-refractivity contribution in [3.8, 4) is 0 Å². The lowest BCUT2D eigenvalue weighted by Gasteiger charge is -2.05. The highest BCUT2D eigenvalue weighted by Gasteiger charge is 2.09. The van der Waals surface area contributed by atoms with Crippen LogP contribution >= 0.6 is 11.3 Å². The minimum absolute atomic E-state index is 0.0544. The molecule has 0 aliphatic heterocycles. The van der Waals surface area contributed by atoms with Crippen molar-refractivity contribution in [3.63, 3.8) is 0 Å². The van der Waals surface area contributed by atoms with Gasteiger partial charge in [0.05, 0.1) is 5.52 Å². The average molecular weight is 345 g/mol. The van der Waals surface area contributed by atoms with E-state index < -0.39 is 0 Å². The van der Waals surface area contributed by atoms with E-state index in [1.807, 2.05) is 16.8 Å². The van der Waals surface area contributed by atoms with E-state index in [4.69, 9.17) is 0 Å². The number of imidazole rings is 1. The molecule has 124 valence electrons. The molecule has 3 aromatic rings. The molecule has 3 aromatic heterocycles. The molecule has 3 heterocycles. The highest BCUT2D eigenvalue weighted by Crippen LogP contribution is 2.10. The van der Waals surface area contributed by atoms with Crippen molar-refractivity contribution in [2.24, 2.45) is 0 Å². The predicted octanol–water partition coefficient (Wildman–Crippen LogP) is 1.35. The van der Waals surface area contributed by atoms with E-state index in [1.165, 1.54) is 0 Å². The molecule has 0 spiro atoms. The molecule has 0 aliphatic rings. The van der Waals surface area contributed by atoms with Crippen molar-refractivity contribution in [1.29, 1.82) is 0 Å². The van der Waals surface area contributed by atoms with E-state index in [2.05, 4.69) is 25.6 Å². The average Bonchev–Trinajstić information content (AvgIpc) is 3.18. The molecule has 0 radical (unpaired) electrons. The van der Waals surface area contributed by atoms with Crippen molar-refractivity contribution in [3.05, 3.63) is 45.0 Å². The normalized spacial score (nSPS) is 10.7. The Balaban J connectivity index is 1.47. The molecule has 0 saturated carbocycles. The number of pyridine rings is 1. The van der Waals surface area contributed by atoms with Crippen LogP contribution in [0.3, 0.4) is 0 Å². The van der Waals surface area contributed by atoms with Crippen molar-refractivity contribution >= 4 is 40.1 Å². The van der Waals surface area contributed by atoms with Gasteiger partial charge in [-0.1, -0.05) is 0 Å². The third-order valence-corrected chi connectivity index (χ3v) is 4.02. The Morgan fingerprint density at radius 3 is 2.75 bits per heavy atom. The maximum absolute atomic E-state index is 11.9. The van der Waals surface area contributed by atoms with Crippen LogP contribution in [-0.4, -0.2) is 26.8 Å². The van der Waals surface area contributed by atoms with Gasteiger partial charge in [0.25, 0.3) is 0 Å². The van der Waals surface area contributed by atoms with Crippen molar-refractivity contribution < 1.29 is 9.59 Å². The first-order valence-electron chi connectivity index (χ1n) is 7.27. The summed E-state index contributed by atoms with van der Waals surface area (Å²) >= 11 is 1.57. The molecule has 0 saturated heterocycles. The number of nitrogens with one attached hydrogen (secondary N) is 4. The van der Waals surface area contributed by atoms with Crippen LogP contribution in [0.5, 0.6) is 0 Å². The summed E-state index contributed by atoms with van der Waals surface area (Å²) in [6, 6.07) is 5.16. The van der Waals surface area contributed by atoms with E-state index in [9.17, 15) is 14.4 Å². The smallest absolute Gasteiger partial charge is 0.325 e. The fraction of sp³-hybridized carbons (Fsp3) is 0.200. The van der Waals surface area contributed by atoms with E-state index in [-0.39, 0.29) is 30.3 Å². The second-order valence-electron chi connectivity index (χ2n) is 5.13. The van der Waals surface area contributed by atoms with Crippen LogP contribution in [0.4, 0.5) is 5.82 Å². The van der Waals surface area contributed by atoms with Crippen molar-refractivity contribution in [2.75, 3.05) is 5.32 Å². The molecule has 0 bridgehead atoms. The zero-order valence-corrected chi connectivity index (χ0v) is 13.4. The maximum atomic E-state index is 11.9. The van der Waals surface area contributed by atoms with Gasteiger partial charge in [-0.2, -0.15) is 11.3 Å². The second kappa shape index (κ2) is 7.09. The van der Waals surface area contributed by atoms with Crippen LogP contribution in [0.25, 0.3) is 11.2 Å². The number of rotatable bonds is 6. The van der Waals surface area contributed by atoms with Crippen molar-refractivity contribution in [1.82, 2.24) is 20.3 Å². The summed E-state index contributed by atoms with van der Waals surface area (Å²) in [7, 11) is 0. The summed E-state index contributed by atoms with van der Waals surface area (Å²) in [5.74, 6) is -0.179. The van der Waals surface area contributed by atoms with Gasteiger partial charge in [0.1, 0.15) is 5.82 Å². The minimum atomic E-state index is -0.358. The fourth-order valence-corrected chi connectivity index (χ4v) is 2.77. The minimum Gasteiger partial charge on any atom is -0.352 e. The van der Waals surface area contributed by atoms with Crippen LogP contribution < -0.4 is 16.3 Å². The Kier molecular flexibility index (Phi) is 4.71. The van der Waals surface area contributed by atoms with Crippen molar-refractivity contribution in [2.45, 2.75) is 19.4 Å². The molecule has 3 rings (SSSR count). The zero-order chi connectivity index (χ0) is 16.9.